The Morgan fingerprint density at radius 3 is 2.52 bits per heavy atom. The molecule has 1 aliphatic heterocycles. The number of carbonyl (C=O) groups excluding carboxylic acids is 1. The first-order valence-electron chi connectivity index (χ1n) is 8.90. The topological polar surface area (TPSA) is 75.7 Å². The molecule has 27 heavy (non-hydrogen) atoms. The van der Waals surface area contributed by atoms with Crippen molar-refractivity contribution < 1.29 is 17.9 Å². The van der Waals surface area contributed by atoms with Gasteiger partial charge in [0.1, 0.15) is 5.75 Å². The van der Waals surface area contributed by atoms with Gasteiger partial charge in [-0.15, -0.1) is 0 Å². The molecular formula is C20H24N2O4S. The first-order chi connectivity index (χ1) is 12.8. The minimum absolute atomic E-state index is 0.180. The van der Waals surface area contributed by atoms with Crippen molar-refractivity contribution in [1.82, 2.24) is 0 Å². The molecule has 6 nitrogen and oxygen atoms in total. The number of sulfonamides is 1. The van der Waals surface area contributed by atoms with E-state index in [9.17, 15) is 13.2 Å². The van der Waals surface area contributed by atoms with E-state index >= 15 is 0 Å². The zero-order valence-electron chi connectivity index (χ0n) is 15.7. The zero-order chi connectivity index (χ0) is 19.6. The average Bonchev–Trinajstić information content (AvgIpc) is 2.81. The van der Waals surface area contributed by atoms with Crippen LogP contribution in [0.3, 0.4) is 0 Å². The van der Waals surface area contributed by atoms with Crippen LogP contribution in [-0.4, -0.2) is 33.2 Å². The van der Waals surface area contributed by atoms with Crippen molar-refractivity contribution in [3.8, 4) is 5.75 Å². The number of nitrogens with one attached hydrogen (secondary N) is 1. The molecule has 2 aromatic carbocycles. The van der Waals surface area contributed by atoms with Gasteiger partial charge in [0, 0.05) is 18.7 Å². The fraction of sp³-hybridized carbons (Fsp3) is 0.350. The van der Waals surface area contributed by atoms with E-state index in [0.29, 0.717) is 11.4 Å². The Balaban J connectivity index is 1.86. The van der Waals surface area contributed by atoms with Crippen molar-refractivity contribution in [2.24, 2.45) is 0 Å². The van der Waals surface area contributed by atoms with Gasteiger partial charge in [0.2, 0.25) is 10.0 Å². The van der Waals surface area contributed by atoms with Gasteiger partial charge in [-0.2, -0.15) is 0 Å². The fourth-order valence-corrected chi connectivity index (χ4v) is 4.13. The Hall–Kier alpha value is -2.54. The molecule has 0 bridgehead atoms. The van der Waals surface area contributed by atoms with Gasteiger partial charge in [0.15, 0.2) is 6.10 Å². The molecule has 144 valence electrons. The lowest BCUT2D eigenvalue weighted by Crippen LogP contribution is -2.36. The molecule has 1 unspecified atom stereocenters. The number of anilines is 2. The minimum Gasteiger partial charge on any atom is -0.478 e. The molecule has 1 amide bonds. The number of hydrogen-bond acceptors (Lipinski definition) is 4. The number of hydrogen-bond donors (Lipinski definition) is 1. The highest BCUT2D eigenvalue weighted by atomic mass is 32.2. The van der Waals surface area contributed by atoms with Crippen LogP contribution in [-0.2, 0) is 14.8 Å². The highest BCUT2D eigenvalue weighted by molar-refractivity contribution is 7.92. The summed E-state index contributed by atoms with van der Waals surface area (Å²) in [6.45, 7) is 4.31. The third-order valence-corrected chi connectivity index (χ3v) is 5.71. The Kier molecular flexibility index (Phi) is 5.41. The van der Waals surface area contributed by atoms with Crippen LogP contribution in [0.1, 0.15) is 31.7 Å². The predicted molar refractivity (Wildman–Crippen MR) is 107 cm³/mol. The number of carbonyl (C=O) groups is 1. The first kappa shape index (κ1) is 19.2. The molecule has 2 aromatic rings. The van der Waals surface area contributed by atoms with Gasteiger partial charge in [-0.05, 0) is 29.7 Å². The van der Waals surface area contributed by atoms with E-state index in [1.807, 2.05) is 24.3 Å². The van der Waals surface area contributed by atoms with Crippen molar-refractivity contribution in [1.29, 1.82) is 0 Å². The summed E-state index contributed by atoms with van der Waals surface area (Å²) in [6.07, 6.45) is 0.638. The van der Waals surface area contributed by atoms with E-state index in [-0.39, 0.29) is 24.8 Å². The van der Waals surface area contributed by atoms with Crippen LogP contribution in [0, 0.1) is 0 Å². The number of amides is 1. The molecule has 1 heterocycles. The van der Waals surface area contributed by atoms with Gasteiger partial charge in [-0.1, -0.05) is 44.2 Å². The standard InChI is InChI=1S/C20H24N2O4S/c1-14(2)15-8-4-5-9-16(15)21-20(23)19-12-13-22(27(3,24)25)17-10-6-7-11-18(17)26-19/h4-11,14,19H,12-13H2,1-3H3,(H,21,23). The molecule has 0 spiro atoms. The van der Waals surface area contributed by atoms with Crippen LogP contribution < -0.4 is 14.4 Å². The summed E-state index contributed by atoms with van der Waals surface area (Å²) in [4.78, 5) is 12.9. The Morgan fingerprint density at radius 2 is 1.81 bits per heavy atom. The molecule has 3 rings (SSSR count). The van der Waals surface area contributed by atoms with Gasteiger partial charge in [-0.3, -0.25) is 9.10 Å². The van der Waals surface area contributed by atoms with Gasteiger partial charge in [0.25, 0.3) is 5.91 Å². The van der Waals surface area contributed by atoms with Crippen molar-refractivity contribution in [2.75, 3.05) is 22.4 Å². The molecule has 1 atom stereocenters. The van der Waals surface area contributed by atoms with Crippen molar-refractivity contribution in [3.05, 3.63) is 54.1 Å². The number of fused-ring (bicyclic) bond motifs is 1. The maximum Gasteiger partial charge on any atom is 0.265 e. The largest absolute Gasteiger partial charge is 0.478 e. The van der Waals surface area contributed by atoms with Crippen LogP contribution in [0.4, 0.5) is 11.4 Å². The second kappa shape index (κ2) is 7.60. The Labute approximate surface area is 160 Å². The molecule has 0 radical (unpaired) electrons. The molecule has 0 fully saturated rings. The third-order valence-electron chi connectivity index (χ3n) is 4.53. The predicted octanol–water partition coefficient (Wildman–Crippen LogP) is 3.37. The second-order valence-corrected chi connectivity index (χ2v) is 8.84. The summed E-state index contributed by atoms with van der Waals surface area (Å²) in [5, 5.41) is 2.94. The van der Waals surface area contributed by atoms with Gasteiger partial charge < -0.3 is 10.1 Å². The zero-order valence-corrected chi connectivity index (χ0v) is 16.5. The van der Waals surface area contributed by atoms with Crippen LogP contribution in [0.5, 0.6) is 5.75 Å². The number of ether oxygens (including phenoxy) is 1. The summed E-state index contributed by atoms with van der Waals surface area (Å²) in [5.74, 6) is 0.365. The molecule has 7 heteroatoms. The van der Waals surface area contributed by atoms with E-state index in [1.54, 1.807) is 24.3 Å². The van der Waals surface area contributed by atoms with Gasteiger partial charge in [-0.25, -0.2) is 8.42 Å². The molecule has 0 saturated carbocycles. The van der Waals surface area contributed by atoms with Crippen LogP contribution in [0.15, 0.2) is 48.5 Å². The van der Waals surface area contributed by atoms with Crippen molar-refractivity contribution in [3.63, 3.8) is 0 Å². The van der Waals surface area contributed by atoms with E-state index in [1.165, 1.54) is 4.31 Å². The fourth-order valence-electron chi connectivity index (χ4n) is 3.19. The van der Waals surface area contributed by atoms with Crippen LogP contribution in [0.25, 0.3) is 0 Å². The smallest absolute Gasteiger partial charge is 0.265 e. The number of rotatable bonds is 4. The molecule has 1 aliphatic rings. The van der Waals surface area contributed by atoms with Gasteiger partial charge in [0.05, 0.1) is 11.9 Å². The molecule has 1 N–H and O–H groups in total. The summed E-state index contributed by atoms with van der Waals surface area (Å²) in [6, 6.07) is 14.5. The SMILES string of the molecule is CC(C)c1ccccc1NC(=O)C1CCN(S(C)(=O)=O)c2ccccc2O1. The monoisotopic (exact) mass is 388 g/mol. The van der Waals surface area contributed by atoms with E-state index in [4.69, 9.17) is 4.74 Å². The van der Waals surface area contributed by atoms with Crippen molar-refractivity contribution >= 4 is 27.3 Å². The second-order valence-electron chi connectivity index (χ2n) is 6.93. The van der Waals surface area contributed by atoms with E-state index in [2.05, 4.69) is 19.2 Å². The lowest BCUT2D eigenvalue weighted by Gasteiger charge is -2.20. The summed E-state index contributed by atoms with van der Waals surface area (Å²) in [7, 11) is -3.47. The van der Waals surface area contributed by atoms with E-state index < -0.39 is 16.1 Å². The number of nitrogens with zero attached hydrogens (tertiary/aromatic N) is 1. The maximum atomic E-state index is 12.9. The normalized spacial score (nSPS) is 17.0. The number of para-hydroxylation sites is 3. The molecular weight excluding hydrogens is 364 g/mol. The average molecular weight is 388 g/mol. The lowest BCUT2D eigenvalue weighted by molar-refractivity contribution is -0.122. The number of benzene rings is 2. The van der Waals surface area contributed by atoms with Crippen molar-refractivity contribution in [2.45, 2.75) is 32.3 Å². The lowest BCUT2D eigenvalue weighted by atomic mass is 10.0. The summed E-state index contributed by atoms with van der Waals surface area (Å²) in [5.41, 5.74) is 2.24. The molecule has 0 aromatic heterocycles. The minimum atomic E-state index is -3.47. The quantitative estimate of drug-likeness (QED) is 0.871. The first-order valence-corrected chi connectivity index (χ1v) is 10.8. The third kappa shape index (κ3) is 4.24. The highest BCUT2D eigenvalue weighted by Crippen LogP contribution is 2.34. The Bertz CT molecular complexity index is 941. The highest BCUT2D eigenvalue weighted by Gasteiger charge is 2.31. The maximum absolute atomic E-state index is 12.9. The Morgan fingerprint density at radius 1 is 1.15 bits per heavy atom. The van der Waals surface area contributed by atoms with E-state index in [0.717, 1.165) is 17.5 Å². The molecule has 0 aliphatic carbocycles. The summed E-state index contributed by atoms with van der Waals surface area (Å²) >= 11 is 0. The molecule has 0 saturated heterocycles. The van der Waals surface area contributed by atoms with Crippen LogP contribution >= 0.6 is 0 Å². The summed E-state index contributed by atoms with van der Waals surface area (Å²) < 4.78 is 31.5. The van der Waals surface area contributed by atoms with Crippen LogP contribution in [0.2, 0.25) is 0 Å². The van der Waals surface area contributed by atoms with Gasteiger partial charge >= 0.3 is 0 Å².